The lowest BCUT2D eigenvalue weighted by Gasteiger charge is -2.09. The lowest BCUT2D eigenvalue weighted by molar-refractivity contribution is 0.582. The number of rotatable bonds is 7. The maximum atomic E-state index is 11.7. The van der Waals surface area contributed by atoms with Crippen molar-refractivity contribution in [3.8, 4) is 0 Å². The number of aromatic nitrogens is 1. The molecule has 0 amide bonds. The van der Waals surface area contributed by atoms with E-state index in [0.717, 1.165) is 23.9 Å². The fourth-order valence-corrected chi connectivity index (χ4v) is 3.07. The van der Waals surface area contributed by atoms with Gasteiger partial charge < -0.3 is 5.32 Å². The Morgan fingerprint density at radius 3 is 2.67 bits per heavy atom. The number of fused-ring (bicyclic) bond motifs is 1. The average Bonchev–Trinajstić information content (AvgIpc) is 2.47. The zero-order chi connectivity index (χ0) is 15.3. The number of benzene rings is 1. The van der Waals surface area contributed by atoms with Gasteiger partial charge >= 0.3 is 0 Å². The number of nitrogens with one attached hydrogen (secondary N) is 1. The van der Waals surface area contributed by atoms with Gasteiger partial charge in [-0.2, -0.15) is 0 Å². The predicted molar refractivity (Wildman–Crippen MR) is 87.2 cm³/mol. The lowest BCUT2D eigenvalue weighted by atomic mass is 10.1. The summed E-state index contributed by atoms with van der Waals surface area (Å²) in [5, 5.41) is 4.03. The third-order valence-electron chi connectivity index (χ3n) is 3.57. The van der Waals surface area contributed by atoms with E-state index in [1.165, 1.54) is 5.56 Å². The van der Waals surface area contributed by atoms with Gasteiger partial charge in [0.15, 0.2) is 9.84 Å². The van der Waals surface area contributed by atoms with Gasteiger partial charge in [0.25, 0.3) is 0 Å². The highest BCUT2D eigenvalue weighted by Crippen LogP contribution is 2.15. The second-order valence-corrected chi connectivity index (χ2v) is 8.08. The first kappa shape index (κ1) is 15.9. The highest BCUT2D eigenvalue weighted by molar-refractivity contribution is 7.92. The van der Waals surface area contributed by atoms with Crippen molar-refractivity contribution in [3.63, 3.8) is 0 Å². The second-order valence-electron chi connectivity index (χ2n) is 5.41. The van der Waals surface area contributed by atoms with Crippen LogP contribution in [-0.2, 0) is 16.3 Å². The molecule has 5 heteroatoms. The number of pyridine rings is 1. The van der Waals surface area contributed by atoms with Gasteiger partial charge in [-0.1, -0.05) is 24.3 Å². The molecule has 0 bridgehead atoms. The number of sulfone groups is 1. The van der Waals surface area contributed by atoms with E-state index in [1.54, 1.807) is 20.0 Å². The second kappa shape index (κ2) is 7.00. The van der Waals surface area contributed by atoms with Crippen molar-refractivity contribution in [2.24, 2.45) is 0 Å². The van der Waals surface area contributed by atoms with Crippen LogP contribution < -0.4 is 5.32 Å². The summed E-state index contributed by atoms with van der Waals surface area (Å²) in [6.45, 7) is 4.69. The Bertz CT molecular complexity index is 691. The van der Waals surface area contributed by atoms with Gasteiger partial charge in [0.2, 0.25) is 0 Å². The summed E-state index contributed by atoms with van der Waals surface area (Å²) >= 11 is 0. The normalized spacial score (nSPS) is 12.1. The minimum Gasteiger partial charge on any atom is -0.315 e. The molecule has 0 saturated carbocycles. The standard InChI is InChI=1S/C16H22N2O2S/c1-13(2)21(19,20)12-11-17-10-8-15-6-3-5-14-7-4-9-18-16(14)15/h3-7,9,13,17H,8,10-12H2,1-2H3. The van der Waals surface area contributed by atoms with Crippen LogP contribution in [0, 0.1) is 0 Å². The number of hydrogen-bond acceptors (Lipinski definition) is 4. The molecule has 0 atom stereocenters. The fourth-order valence-electron chi connectivity index (χ4n) is 2.17. The summed E-state index contributed by atoms with van der Waals surface area (Å²) < 4.78 is 23.4. The Balaban J connectivity index is 1.86. The molecule has 4 nitrogen and oxygen atoms in total. The summed E-state index contributed by atoms with van der Waals surface area (Å²) in [7, 11) is -2.95. The fraction of sp³-hybridized carbons (Fsp3) is 0.438. The Hall–Kier alpha value is -1.46. The molecule has 2 rings (SSSR count). The van der Waals surface area contributed by atoms with Crippen LogP contribution in [0.25, 0.3) is 10.9 Å². The van der Waals surface area contributed by atoms with Crippen molar-refractivity contribution in [3.05, 3.63) is 42.1 Å². The number of para-hydroxylation sites is 1. The van der Waals surface area contributed by atoms with Crippen LogP contribution in [0.4, 0.5) is 0 Å². The first-order chi connectivity index (χ1) is 10.0. The zero-order valence-electron chi connectivity index (χ0n) is 12.5. The molecular formula is C16H22N2O2S. The van der Waals surface area contributed by atoms with Gasteiger partial charge in [0.05, 0.1) is 16.5 Å². The molecule has 114 valence electrons. The molecule has 0 saturated heterocycles. The maximum Gasteiger partial charge on any atom is 0.153 e. The summed E-state index contributed by atoms with van der Waals surface area (Å²) in [6.07, 6.45) is 2.64. The van der Waals surface area contributed by atoms with Gasteiger partial charge in [0, 0.05) is 18.1 Å². The molecular weight excluding hydrogens is 284 g/mol. The minimum atomic E-state index is -2.95. The molecule has 1 heterocycles. The van der Waals surface area contributed by atoms with Crippen LogP contribution in [0.2, 0.25) is 0 Å². The minimum absolute atomic E-state index is 0.193. The van der Waals surface area contributed by atoms with E-state index in [9.17, 15) is 8.42 Å². The number of nitrogens with zero attached hydrogens (tertiary/aromatic N) is 1. The molecule has 0 fully saturated rings. The van der Waals surface area contributed by atoms with Crippen molar-refractivity contribution in [1.82, 2.24) is 10.3 Å². The quantitative estimate of drug-likeness (QED) is 0.797. The van der Waals surface area contributed by atoms with Crippen LogP contribution in [0.5, 0.6) is 0 Å². The Kier molecular flexibility index (Phi) is 5.31. The van der Waals surface area contributed by atoms with Crippen molar-refractivity contribution in [1.29, 1.82) is 0 Å². The molecule has 1 aromatic carbocycles. The smallest absolute Gasteiger partial charge is 0.153 e. The maximum absolute atomic E-state index is 11.7. The third-order valence-corrected chi connectivity index (χ3v) is 5.78. The van der Waals surface area contributed by atoms with Crippen LogP contribution >= 0.6 is 0 Å². The van der Waals surface area contributed by atoms with Gasteiger partial charge in [-0.25, -0.2) is 8.42 Å². The van der Waals surface area contributed by atoms with Gasteiger partial charge in [-0.3, -0.25) is 4.98 Å². The first-order valence-electron chi connectivity index (χ1n) is 7.25. The Labute approximate surface area is 126 Å². The lowest BCUT2D eigenvalue weighted by Crippen LogP contribution is -2.28. The van der Waals surface area contributed by atoms with E-state index < -0.39 is 9.84 Å². The van der Waals surface area contributed by atoms with E-state index in [1.807, 2.05) is 12.1 Å². The SMILES string of the molecule is CC(C)S(=O)(=O)CCNCCc1cccc2cccnc12. The summed E-state index contributed by atoms with van der Waals surface area (Å²) in [5.74, 6) is 0.193. The van der Waals surface area contributed by atoms with Crippen LogP contribution in [0.1, 0.15) is 19.4 Å². The highest BCUT2D eigenvalue weighted by Gasteiger charge is 2.14. The van der Waals surface area contributed by atoms with E-state index >= 15 is 0 Å². The molecule has 0 aliphatic carbocycles. The summed E-state index contributed by atoms with van der Waals surface area (Å²) in [6, 6.07) is 10.1. The molecule has 1 N–H and O–H groups in total. The molecule has 1 aromatic heterocycles. The average molecular weight is 306 g/mol. The number of hydrogen-bond donors (Lipinski definition) is 1. The third kappa shape index (κ3) is 4.25. The summed E-state index contributed by atoms with van der Waals surface area (Å²) in [5.41, 5.74) is 2.21. The monoisotopic (exact) mass is 306 g/mol. The van der Waals surface area contributed by atoms with Crippen LogP contribution in [0.15, 0.2) is 36.5 Å². The van der Waals surface area contributed by atoms with Crippen molar-refractivity contribution < 1.29 is 8.42 Å². The van der Waals surface area contributed by atoms with E-state index in [-0.39, 0.29) is 11.0 Å². The van der Waals surface area contributed by atoms with Crippen LogP contribution in [0.3, 0.4) is 0 Å². The van der Waals surface area contributed by atoms with Crippen molar-refractivity contribution in [2.45, 2.75) is 25.5 Å². The van der Waals surface area contributed by atoms with Gasteiger partial charge in [-0.15, -0.1) is 0 Å². The zero-order valence-corrected chi connectivity index (χ0v) is 13.4. The van der Waals surface area contributed by atoms with E-state index in [0.29, 0.717) is 6.54 Å². The molecule has 21 heavy (non-hydrogen) atoms. The first-order valence-corrected chi connectivity index (χ1v) is 8.97. The van der Waals surface area contributed by atoms with Crippen molar-refractivity contribution >= 4 is 20.7 Å². The Morgan fingerprint density at radius 1 is 1.14 bits per heavy atom. The predicted octanol–water partition coefficient (Wildman–Crippen LogP) is 2.19. The summed E-state index contributed by atoms with van der Waals surface area (Å²) in [4.78, 5) is 4.42. The highest BCUT2D eigenvalue weighted by atomic mass is 32.2. The van der Waals surface area contributed by atoms with Crippen molar-refractivity contribution in [2.75, 3.05) is 18.8 Å². The molecule has 0 unspecified atom stereocenters. The molecule has 0 spiro atoms. The Morgan fingerprint density at radius 2 is 1.90 bits per heavy atom. The molecule has 0 aliphatic heterocycles. The van der Waals surface area contributed by atoms with Gasteiger partial charge in [-0.05, 0) is 38.4 Å². The molecule has 0 aliphatic rings. The van der Waals surface area contributed by atoms with E-state index in [4.69, 9.17) is 0 Å². The van der Waals surface area contributed by atoms with Crippen LogP contribution in [-0.4, -0.2) is 37.5 Å². The molecule has 2 aromatic rings. The topological polar surface area (TPSA) is 59.1 Å². The molecule has 0 radical (unpaired) electrons. The van der Waals surface area contributed by atoms with E-state index in [2.05, 4.69) is 28.5 Å². The largest absolute Gasteiger partial charge is 0.315 e. The van der Waals surface area contributed by atoms with Gasteiger partial charge in [0.1, 0.15) is 0 Å².